The molecule has 22 heavy (non-hydrogen) atoms. The van der Waals surface area contributed by atoms with E-state index in [2.05, 4.69) is 44.7 Å². The fraction of sp³-hybridized carbons (Fsp3) is 0.353. The first-order valence-corrected chi connectivity index (χ1v) is 7.76. The Balaban J connectivity index is 1.65. The largest absolute Gasteiger partial charge is 0.340 e. The number of para-hydroxylation sites is 2. The molecule has 112 valence electrons. The lowest BCUT2D eigenvalue weighted by Gasteiger charge is -2.32. The molecule has 0 saturated carbocycles. The van der Waals surface area contributed by atoms with Crippen molar-refractivity contribution in [2.45, 2.75) is 18.8 Å². The van der Waals surface area contributed by atoms with Crippen LogP contribution in [0.4, 0.5) is 5.95 Å². The van der Waals surface area contributed by atoms with E-state index in [1.807, 2.05) is 12.1 Å². The Hall–Kier alpha value is -2.43. The molecule has 2 aromatic heterocycles. The minimum Gasteiger partial charge on any atom is -0.340 e. The maximum Gasteiger partial charge on any atom is 0.225 e. The van der Waals surface area contributed by atoms with Gasteiger partial charge in [0.15, 0.2) is 0 Å². The van der Waals surface area contributed by atoms with Crippen LogP contribution in [0.2, 0.25) is 0 Å². The highest BCUT2D eigenvalue weighted by atomic mass is 15.3. The highest BCUT2D eigenvalue weighted by Crippen LogP contribution is 2.29. The van der Waals surface area contributed by atoms with Crippen LogP contribution in [0, 0.1) is 0 Å². The molecule has 1 unspecified atom stereocenters. The van der Waals surface area contributed by atoms with Crippen LogP contribution in [0.15, 0.2) is 42.7 Å². The predicted octanol–water partition coefficient (Wildman–Crippen LogP) is 2.75. The molecule has 0 radical (unpaired) electrons. The second-order valence-corrected chi connectivity index (χ2v) is 5.85. The third-order valence-electron chi connectivity index (χ3n) is 4.44. The molecule has 0 bridgehead atoms. The predicted molar refractivity (Wildman–Crippen MR) is 86.9 cm³/mol. The van der Waals surface area contributed by atoms with Crippen LogP contribution in [-0.2, 0) is 7.05 Å². The van der Waals surface area contributed by atoms with Gasteiger partial charge in [0.1, 0.15) is 5.82 Å². The Bertz CT molecular complexity index is 780. The van der Waals surface area contributed by atoms with Gasteiger partial charge < -0.3 is 9.47 Å². The zero-order chi connectivity index (χ0) is 14.9. The van der Waals surface area contributed by atoms with Gasteiger partial charge in [0.2, 0.25) is 5.95 Å². The molecule has 0 spiro atoms. The molecule has 1 aromatic carbocycles. The van der Waals surface area contributed by atoms with E-state index in [1.165, 1.54) is 17.8 Å². The molecule has 3 heterocycles. The van der Waals surface area contributed by atoms with Crippen LogP contribution < -0.4 is 4.90 Å². The summed E-state index contributed by atoms with van der Waals surface area (Å²) < 4.78 is 2.23. The summed E-state index contributed by atoms with van der Waals surface area (Å²) in [6, 6.07) is 10.2. The van der Waals surface area contributed by atoms with E-state index < -0.39 is 0 Å². The highest BCUT2D eigenvalue weighted by molar-refractivity contribution is 5.75. The van der Waals surface area contributed by atoms with Crippen molar-refractivity contribution in [2.75, 3.05) is 18.0 Å². The lowest BCUT2D eigenvalue weighted by atomic mass is 9.97. The maximum atomic E-state index is 4.86. The Morgan fingerprint density at radius 2 is 1.91 bits per heavy atom. The number of hydrogen-bond donors (Lipinski definition) is 0. The SMILES string of the molecule is Cn1c(C2CCCN(c3ncccn3)C2)nc2ccccc21. The van der Waals surface area contributed by atoms with Crippen LogP contribution in [0.25, 0.3) is 11.0 Å². The maximum absolute atomic E-state index is 4.86. The van der Waals surface area contributed by atoms with E-state index in [1.54, 1.807) is 12.4 Å². The molecule has 3 aromatic rings. The number of nitrogens with zero attached hydrogens (tertiary/aromatic N) is 5. The number of fused-ring (bicyclic) bond motifs is 1. The number of aromatic nitrogens is 4. The Kier molecular flexibility index (Phi) is 3.25. The molecule has 0 amide bonds. The van der Waals surface area contributed by atoms with Crippen molar-refractivity contribution in [2.24, 2.45) is 7.05 Å². The molecular weight excluding hydrogens is 274 g/mol. The molecule has 1 aliphatic rings. The fourth-order valence-electron chi connectivity index (χ4n) is 3.35. The van der Waals surface area contributed by atoms with E-state index in [0.717, 1.165) is 31.0 Å². The van der Waals surface area contributed by atoms with Gasteiger partial charge in [-0.05, 0) is 31.0 Å². The second-order valence-electron chi connectivity index (χ2n) is 5.85. The van der Waals surface area contributed by atoms with Gasteiger partial charge in [0.25, 0.3) is 0 Å². The summed E-state index contributed by atoms with van der Waals surface area (Å²) in [7, 11) is 2.11. The van der Waals surface area contributed by atoms with Crippen molar-refractivity contribution in [1.82, 2.24) is 19.5 Å². The molecular formula is C17H19N5. The first-order chi connectivity index (χ1) is 10.8. The van der Waals surface area contributed by atoms with Gasteiger partial charge in [-0.15, -0.1) is 0 Å². The van der Waals surface area contributed by atoms with Gasteiger partial charge in [0.05, 0.1) is 11.0 Å². The summed E-state index contributed by atoms with van der Waals surface area (Å²) in [6.45, 7) is 1.95. The number of rotatable bonds is 2. The zero-order valence-electron chi connectivity index (χ0n) is 12.7. The molecule has 0 N–H and O–H groups in total. The summed E-state index contributed by atoms with van der Waals surface area (Å²) in [5.74, 6) is 2.42. The zero-order valence-corrected chi connectivity index (χ0v) is 12.7. The first kappa shape index (κ1) is 13.2. The molecule has 0 aliphatic carbocycles. The normalized spacial score (nSPS) is 18.8. The van der Waals surface area contributed by atoms with Gasteiger partial charge in [-0.3, -0.25) is 0 Å². The van der Waals surface area contributed by atoms with E-state index in [-0.39, 0.29) is 0 Å². The quantitative estimate of drug-likeness (QED) is 0.729. The van der Waals surface area contributed by atoms with Crippen LogP contribution in [0.5, 0.6) is 0 Å². The van der Waals surface area contributed by atoms with Crippen molar-refractivity contribution >= 4 is 17.0 Å². The smallest absolute Gasteiger partial charge is 0.225 e. The van der Waals surface area contributed by atoms with Gasteiger partial charge in [-0.2, -0.15) is 0 Å². The molecule has 4 rings (SSSR count). The van der Waals surface area contributed by atoms with Gasteiger partial charge in [-0.25, -0.2) is 15.0 Å². The molecule has 1 saturated heterocycles. The second kappa shape index (κ2) is 5.40. The van der Waals surface area contributed by atoms with Crippen molar-refractivity contribution in [3.8, 4) is 0 Å². The summed E-state index contributed by atoms with van der Waals surface area (Å²) in [5.41, 5.74) is 2.28. The average Bonchev–Trinajstić information content (AvgIpc) is 2.93. The third kappa shape index (κ3) is 2.22. The molecule has 5 heteroatoms. The standard InChI is InChI=1S/C17H19N5/c1-21-15-8-3-2-7-14(15)20-16(21)13-6-4-11-22(12-13)17-18-9-5-10-19-17/h2-3,5,7-10,13H,4,6,11-12H2,1H3. The van der Waals surface area contributed by atoms with Crippen LogP contribution in [0.1, 0.15) is 24.6 Å². The Labute approximate surface area is 129 Å². The molecule has 1 fully saturated rings. The topological polar surface area (TPSA) is 46.8 Å². The highest BCUT2D eigenvalue weighted by Gasteiger charge is 2.26. The summed E-state index contributed by atoms with van der Waals surface area (Å²) in [5, 5.41) is 0. The number of piperidine rings is 1. The summed E-state index contributed by atoms with van der Waals surface area (Å²) in [6.07, 6.45) is 5.93. The van der Waals surface area contributed by atoms with E-state index in [9.17, 15) is 0 Å². The van der Waals surface area contributed by atoms with Crippen molar-refractivity contribution in [3.63, 3.8) is 0 Å². The minimum atomic E-state index is 0.426. The number of imidazole rings is 1. The van der Waals surface area contributed by atoms with Gasteiger partial charge in [-0.1, -0.05) is 12.1 Å². The number of benzene rings is 1. The lowest BCUT2D eigenvalue weighted by Crippen LogP contribution is -2.36. The first-order valence-electron chi connectivity index (χ1n) is 7.76. The van der Waals surface area contributed by atoms with E-state index in [0.29, 0.717) is 5.92 Å². The minimum absolute atomic E-state index is 0.426. The Morgan fingerprint density at radius 3 is 2.73 bits per heavy atom. The molecule has 1 atom stereocenters. The third-order valence-corrected chi connectivity index (χ3v) is 4.44. The van der Waals surface area contributed by atoms with E-state index in [4.69, 9.17) is 4.98 Å². The monoisotopic (exact) mass is 293 g/mol. The number of anilines is 1. The van der Waals surface area contributed by atoms with Crippen LogP contribution in [-0.4, -0.2) is 32.6 Å². The summed E-state index contributed by atoms with van der Waals surface area (Å²) >= 11 is 0. The Morgan fingerprint density at radius 1 is 1.09 bits per heavy atom. The van der Waals surface area contributed by atoms with Crippen LogP contribution in [0.3, 0.4) is 0 Å². The number of aryl methyl sites for hydroxylation is 1. The van der Waals surface area contributed by atoms with E-state index >= 15 is 0 Å². The van der Waals surface area contributed by atoms with Crippen molar-refractivity contribution < 1.29 is 0 Å². The van der Waals surface area contributed by atoms with Crippen LogP contribution >= 0.6 is 0 Å². The van der Waals surface area contributed by atoms with Crippen molar-refractivity contribution in [1.29, 1.82) is 0 Å². The lowest BCUT2D eigenvalue weighted by molar-refractivity contribution is 0.478. The number of hydrogen-bond acceptors (Lipinski definition) is 4. The van der Waals surface area contributed by atoms with Gasteiger partial charge >= 0.3 is 0 Å². The summed E-state index contributed by atoms with van der Waals surface area (Å²) in [4.78, 5) is 15.9. The molecule has 1 aliphatic heterocycles. The van der Waals surface area contributed by atoms with Crippen molar-refractivity contribution in [3.05, 3.63) is 48.5 Å². The fourth-order valence-corrected chi connectivity index (χ4v) is 3.35. The molecule has 5 nitrogen and oxygen atoms in total. The average molecular weight is 293 g/mol. The van der Waals surface area contributed by atoms with Gasteiger partial charge in [0, 0.05) is 38.4 Å².